The number of ether oxygens (including phenoxy) is 2. The Labute approximate surface area is 188 Å². The van der Waals surface area contributed by atoms with E-state index in [1.807, 2.05) is 42.5 Å². The fourth-order valence-electron chi connectivity index (χ4n) is 2.82. The molecular weight excluding hydrogens is 496 g/mol. The lowest BCUT2D eigenvalue weighted by Gasteiger charge is -2.13. The standard InChI is InChI=1S/C24H22Br2O3/c1-16(2)18-8-10-23(21(26)14-18)29-24(27)20-15-19(25)9-11-22(20)28-13-12-17-6-4-3-5-7-17/h3-11,14-16H,12-13H2,1-2H3. The maximum absolute atomic E-state index is 12.8. The highest BCUT2D eigenvalue weighted by atomic mass is 79.9. The monoisotopic (exact) mass is 516 g/mol. The fourth-order valence-corrected chi connectivity index (χ4v) is 3.66. The molecule has 29 heavy (non-hydrogen) atoms. The molecule has 0 aliphatic carbocycles. The first-order valence-corrected chi connectivity index (χ1v) is 11.0. The van der Waals surface area contributed by atoms with Gasteiger partial charge in [0.1, 0.15) is 17.1 Å². The van der Waals surface area contributed by atoms with Gasteiger partial charge in [-0.3, -0.25) is 0 Å². The van der Waals surface area contributed by atoms with Gasteiger partial charge in [0.2, 0.25) is 0 Å². The van der Waals surface area contributed by atoms with E-state index < -0.39 is 5.97 Å². The zero-order valence-electron chi connectivity index (χ0n) is 16.3. The van der Waals surface area contributed by atoms with Crippen molar-refractivity contribution in [2.45, 2.75) is 26.2 Å². The number of esters is 1. The number of hydrogen-bond acceptors (Lipinski definition) is 3. The van der Waals surface area contributed by atoms with Crippen molar-refractivity contribution in [2.75, 3.05) is 6.61 Å². The molecule has 5 heteroatoms. The van der Waals surface area contributed by atoms with Crippen LogP contribution < -0.4 is 9.47 Å². The summed E-state index contributed by atoms with van der Waals surface area (Å²) < 4.78 is 13.1. The smallest absolute Gasteiger partial charge is 0.347 e. The van der Waals surface area contributed by atoms with Gasteiger partial charge in [-0.25, -0.2) is 4.79 Å². The molecule has 0 bridgehead atoms. The molecular formula is C24H22Br2O3. The first kappa shape index (κ1) is 21.6. The van der Waals surface area contributed by atoms with Gasteiger partial charge >= 0.3 is 5.97 Å². The van der Waals surface area contributed by atoms with E-state index in [-0.39, 0.29) is 0 Å². The van der Waals surface area contributed by atoms with Crippen molar-refractivity contribution in [1.29, 1.82) is 0 Å². The maximum Gasteiger partial charge on any atom is 0.347 e. The number of halogens is 2. The SMILES string of the molecule is CC(C)c1ccc(OC(=O)c2cc(Br)ccc2OCCc2ccccc2)c(Br)c1. The Bertz CT molecular complexity index is 985. The summed E-state index contributed by atoms with van der Waals surface area (Å²) in [5.74, 6) is 0.920. The highest BCUT2D eigenvalue weighted by Gasteiger charge is 2.17. The van der Waals surface area contributed by atoms with Crippen LogP contribution in [0.2, 0.25) is 0 Å². The summed E-state index contributed by atoms with van der Waals surface area (Å²) in [5.41, 5.74) is 2.74. The zero-order valence-corrected chi connectivity index (χ0v) is 19.5. The van der Waals surface area contributed by atoms with Crippen molar-refractivity contribution in [3.63, 3.8) is 0 Å². The molecule has 3 rings (SSSR count). The van der Waals surface area contributed by atoms with Crippen LogP contribution in [-0.2, 0) is 6.42 Å². The Hall–Kier alpha value is -2.11. The molecule has 0 saturated heterocycles. The molecule has 0 amide bonds. The van der Waals surface area contributed by atoms with Crippen molar-refractivity contribution >= 4 is 37.8 Å². The Balaban J connectivity index is 1.73. The average molecular weight is 518 g/mol. The second-order valence-corrected chi connectivity index (χ2v) is 8.73. The Morgan fingerprint density at radius 3 is 2.34 bits per heavy atom. The van der Waals surface area contributed by atoms with Gasteiger partial charge in [0.15, 0.2) is 0 Å². The van der Waals surface area contributed by atoms with Crippen LogP contribution in [0.25, 0.3) is 0 Å². The third-order valence-corrected chi connectivity index (χ3v) is 5.59. The van der Waals surface area contributed by atoms with Gasteiger partial charge in [0.25, 0.3) is 0 Å². The number of rotatable bonds is 7. The second-order valence-electron chi connectivity index (χ2n) is 6.96. The summed E-state index contributed by atoms with van der Waals surface area (Å²) in [6.07, 6.45) is 0.758. The molecule has 0 heterocycles. The zero-order chi connectivity index (χ0) is 20.8. The van der Waals surface area contributed by atoms with Crippen LogP contribution in [0.1, 0.15) is 41.3 Å². The normalized spacial score (nSPS) is 10.8. The molecule has 0 aliphatic heterocycles. The van der Waals surface area contributed by atoms with E-state index >= 15 is 0 Å². The molecule has 0 spiro atoms. The molecule has 3 aromatic rings. The van der Waals surface area contributed by atoms with Crippen molar-refractivity contribution < 1.29 is 14.3 Å². The molecule has 0 radical (unpaired) electrons. The van der Waals surface area contributed by atoms with Crippen LogP contribution in [0.4, 0.5) is 0 Å². The first-order chi connectivity index (χ1) is 13.9. The predicted molar refractivity (Wildman–Crippen MR) is 123 cm³/mol. The van der Waals surface area contributed by atoms with Crippen molar-refractivity contribution in [1.82, 2.24) is 0 Å². The molecule has 0 unspecified atom stereocenters. The van der Waals surface area contributed by atoms with E-state index in [2.05, 4.69) is 57.8 Å². The summed E-state index contributed by atoms with van der Waals surface area (Å²) in [6.45, 7) is 4.71. The van der Waals surface area contributed by atoms with E-state index in [1.165, 1.54) is 11.1 Å². The van der Waals surface area contributed by atoms with Crippen LogP contribution in [-0.4, -0.2) is 12.6 Å². The van der Waals surface area contributed by atoms with Crippen LogP contribution in [0.15, 0.2) is 75.7 Å². The average Bonchev–Trinajstić information content (AvgIpc) is 2.71. The molecule has 3 aromatic carbocycles. The summed E-state index contributed by atoms with van der Waals surface area (Å²) >= 11 is 6.92. The van der Waals surface area contributed by atoms with Crippen LogP contribution in [0.3, 0.4) is 0 Å². The van der Waals surface area contributed by atoms with Gasteiger partial charge in [-0.2, -0.15) is 0 Å². The van der Waals surface area contributed by atoms with E-state index in [9.17, 15) is 4.79 Å². The summed E-state index contributed by atoms with van der Waals surface area (Å²) in [6, 6.07) is 21.2. The lowest BCUT2D eigenvalue weighted by atomic mass is 10.0. The van der Waals surface area contributed by atoms with E-state index in [0.29, 0.717) is 29.6 Å². The maximum atomic E-state index is 12.8. The van der Waals surface area contributed by atoms with Gasteiger partial charge in [0.05, 0.1) is 11.1 Å². The van der Waals surface area contributed by atoms with Gasteiger partial charge in [-0.1, -0.05) is 66.2 Å². The lowest BCUT2D eigenvalue weighted by Crippen LogP contribution is -2.12. The number of carbonyl (C=O) groups excluding carboxylic acids is 1. The van der Waals surface area contributed by atoms with E-state index in [0.717, 1.165) is 15.4 Å². The van der Waals surface area contributed by atoms with Crippen LogP contribution in [0, 0.1) is 0 Å². The van der Waals surface area contributed by atoms with Crippen molar-refractivity contribution in [3.05, 3.63) is 92.4 Å². The quantitative estimate of drug-likeness (QED) is 0.246. The first-order valence-electron chi connectivity index (χ1n) is 9.42. The highest BCUT2D eigenvalue weighted by molar-refractivity contribution is 9.10. The highest BCUT2D eigenvalue weighted by Crippen LogP contribution is 2.31. The van der Waals surface area contributed by atoms with E-state index in [1.54, 1.807) is 12.1 Å². The molecule has 3 nitrogen and oxygen atoms in total. The number of carbonyl (C=O) groups is 1. The molecule has 0 atom stereocenters. The summed E-state index contributed by atoms with van der Waals surface area (Å²) in [5, 5.41) is 0. The Morgan fingerprint density at radius 1 is 0.931 bits per heavy atom. The topological polar surface area (TPSA) is 35.5 Å². The number of hydrogen-bond donors (Lipinski definition) is 0. The van der Waals surface area contributed by atoms with Gasteiger partial charge in [-0.15, -0.1) is 0 Å². The van der Waals surface area contributed by atoms with Gasteiger partial charge in [-0.05, 0) is 63.3 Å². The molecule has 0 N–H and O–H groups in total. The Kier molecular flexibility index (Phi) is 7.51. The van der Waals surface area contributed by atoms with E-state index in [4.69, 9.17) is 9.47 Å². The van der Waals surface area contributed by atoms with Crippen LogP contribution in [0.5, 0.6) is 11.5 Å². The second kappa shape index (κ2) is 10.1. The summed E-state index contributed by atoms with van der Waals surface area (Å²) in [4.78, 5) is 12.8. The minimum atomic E-state index is -0.459. The largest absolute Gasteiger partial charge is 0.492 e. The third kappa shape index (κ3) is 5.94. The summed E-state index contributed by atoms with van der Waals surface area (Å²) in [7, 11) is 0. The van der Waals surface area contributed by atoms with Crippen molar-refractivity contribution in [3.8, 4) is 11.5 Å². The Morgan fingerprint density at radius 2 is 1.66 bits per heavy atom. The van der Waals surface area contributed by atoms with Gasteiger partial charge < -0.3 is 9.47 Å². The lowest BCUT2D eigenvalue weighted by molar-refractivity contribution is 0.0729. The third-order valence-electron chi connectivity index (χ3n) is 4.48. The predicted octanol–water partition coefficient (Wildman–Crippen LogP) is 7.18. The molecule has 0 aromatic heterocycles. The number of benzene rings is 3. The van der Waals surface area contributed by atoms with Crippen LogP contribution >= 0.6 is 31.9 Å². The minimum Gasteiger partial charge on any atom is -0.492 e. The minimum absolute atomic E-state index is 0.382. The fraction of sp³-hybridized carbons (Fsp3) is 0.208. The molecule has 0 saturated carbocycles. The molecule has 0 aliphatic rings. The molecule has 0 fully saturated rings. The molecule has 150 valence electrons. The van der Waals surface area contributed by atoms with Gasteiger partial charge in [0, 0.05) is 10.9 Å². The van der Waals surface area contributed by atoms with Crippen molar-refractivity contribution in [2.24, 2.45) is 0 Å².